The Balaban J connectivity index is 0. The van der Waals surface area contributed by atoms with Crippen LogP contribution in [0.2, 0.25) is 0 Å². The zero-order valence-corrected chi connectivity index (χ0v) is 1.00. The predicted molar refractivity (Wildman–Crippen MR) is 24.3 cm³/mol. The van der Waals surface area contributed by atoms with Gasteiger partial charge in [0.15, 0.2) is 0 Å². The molecule has 0 aromatic carbocycles. The fraction of sp³-hybridized carbons (Fsp3) is 0. The third-order valence-electron chi connectivity index (χ3n) is 0. The molecule has 0 saturated carbocycles. The van der Waals surface area contributed by atoms with E-state index in [1.807, 2.05) is 0 Å². The Bertz CT molecular complexity index is 6.00. The van der Waals surface area contributed by atoms with Crippen molar-refractivity contribution in [2.45, 2.75) is 0 Å². The molecule has 0 atom stereocenters. The Morgan fingerprint density at radius 3 is 0.750 bits per heavy atom. The molecule has 0 unspecified atom stereocenters. The van der Waals surface area contributed by atoms with Crippen molar-refractivity contribution in [1.29, 1.82) is 0 Å². The monoisotopic (exact) mass is 218 g/mol. The van der Waals surface area contributed by atoms with Crippen molar-refractivity contribution in [1.82, 2.24) is 0 Å². The molecule has 24 valence electrons. The van der Waals surface area contributed by atoms with E-state index in [0.29, 0.717) is 0 Å². The van der Waals surface area contributed by atoms with E-state index in [0.717, 1.165) is 0 Å². The first-order valence-corrected chi connectivity index (χ1v) is 0. The molecule has 0 aromatic heterocycles. The van der Waals surface area contributed by atoms with Crippen molar-refractivity contribution in [3.63, 3.8) is 0 Å². The molecule has 0 fully saturated rings. The zero-order valence-electron chi connectivity index (χ0n) is 1.00. The summed E-state index contributed by atoms with van der Waals surface area (Å²) in [4.78, 5) is 0. The third-order valence-corrected chi connectivity index (χ3v) is 0. The van der Waals surface area contributed by atoms with E-state index in [9.17, 15) is 0 Å². The van der Waals surface area contributed by atoms with Crippen molar-refractivity contribution in [2.24, 2.45) is 0 Å². The fourth-order valence-corrected chi connectivity index (χ4v) is 0. The molecule has 0 aliphatic heterocycles. The van der Waals surface area contributed by atoms with Crippen molar-refractivity contribution in [2.75, 3.05) is 0 Å². The molecule has 0 spiro atoms. The van der Waals surface area contributed by atoms with Gasteiger partial charge in [0.05, 0.1) is 0 Å². The zero-order chi connectivity index (χ0) is 0. The van der Waals surface area contributed by atoms with Gasteiger partial charge in [-0.25, -0.2) is 0 Å². The van der Waals surface area contributed by atoms with E-state index < -0.39 is 0 Å². The molecule has 0 bridgehead atoms. The van der Waals surface area contributed by atoms with Crippen LogP contribution in [0.25, 0.3) is 0 Å². The Hall–Kier alpha value is 2.75. The summed E-state index contributed by atoms with van der Waals surface area (Å²) < 4.78 is 0. The van der Waals surface area contributed by atoms with Crippen LogP contribution < -0.4 is 0 Å². The van der Waals surface area contributed by atoms with E-state index in [2.05, 4.69) is 0 Å². The van der Waals surface area contributed by atoms with E-state index in [4.69, 9.17) is 0 Å². The van der Waals surface area contributed by atoms with Crippen molar-refractivity contribution in [3.05, 3.63) is 0 Å². The SMILES string of the molecule is O.O.[BaH2].[CaH2]. The molecule has 0 aromatic rings. The van der Waals surface area contributed by atoms with E-state index in [1.54, 1.807) is 0 Å². The average molecular weight is 217 g/mol. The molecule has 0 heterocycles. The van der Waals surface area contributed by atoms with Gasteiger partial charge in [0, 0.05) is 0 Å². The summed E-state index contributed by atoms with van der Waals surface area (Å²) >= 11 is 0. The molecule has 0 aliphatic rings. The Morgan fingerprint density at radius 2 is 0.750 bits per heavy atom. The summed E-state index contributed by atoms with van der Waals surface area (Å²) in [5.74, 6) is 0. The third kappa shape index (κ3) is 8.83. The molecule has 4 N–H and O–H groups in total. The van der Waals surface area contributed by atoms with Crippen LogP contribution in [0.1, 0.15) is 0 Å². The number of hydrogen-bond donors (Lipinski definition) is 0. The second-order valence-corrected chi connectivity index (χ2v) is 0. The Kier molecular flexibility index (Phi) is 127. The van der Waals surface area contributed by atoms with Crippen LogP contribution in [0.15, 0.2) is 0 Å². The van der Waals surface area contributed by atoms with Crippen molar-refractivity contribution < 1.29 is 11.0 Å². The number of rotatable bonds is 0. The van der Waals surface area contributed by atoms with Crippen LogP contribution in [0, 0.1) is 0 Å². The minimum atomic E-state index is 0. The van der Waals surface area contributed by atoms with Crippen LogP contribution in [0.5, 0.6) is 0 Å². The van der Waals surface area contributed by atoms with Crippen LogP contribution in [0.3, 0.4) is 0 Å². The van der Waals surface area contributed by atoms with Gasteiger partial charge in [-0.15, -0.1) is 0 Å². The van der Waals surface area contributed by atoms with Gasteiger partial charge >= 0.3 is 86.6 Å². The minimum absolute atomic E-state index is 0. The van der Waals surface area contributed by atoms with E-state index in [1.165, 1.54) is 0 Å². The first kappa shape index (κ1) is 29.5. The van der Waals surface area contributed by atoms with Gasteiger partial charge in [-0.2, -0.15) is 0 Å². The second-order valence-electron chi connectivity index (χ2n) is 0. The number of hydrogen-bond acceptors (Lipinski definition) is 0. The van der Waals surface area contributed by atoms with Crippen LogP contribution in [0.4, 0.5) is 0 Å². The Labute approximate surface area is 95.0 Å². The molecular weight excluding hydrogens is 209 g/mol. The maximum atomic E-state index is 0. The summed E-state index contributed by atoms with van der Waals surface area (Å²) in [7, 11) is 0. The maximum absolute atomic E-state index is 0. The topological polar surface area (TPSA) is 63.0 Å². The summed E-state index contributed by atoms with van der Waals surface area (Å²) in [5.41, 5.74) is 0. The standard InChI is InChI=1S/Ba.Ca.2H2O.4H/h;;2*1H2;;;;. The molecule has 2 nitrogen and oxygen atoms in total. The second kappa shape index (κ2) is 17.2. The molecule has 4 heavy (non-hydrogen) atoms. The van der Waals surface area contributed by atoms with Gasteiger partial charge < -0.3 is 11.0 Å². The van der Waals surface area contributed by atoms with Crippen LogP contribution >= 0.6 is 0 Å². The van der Waals surface area contributed by atoms with E-state index in [-0.39, 0.29) is 97.6 Å². The van der Waals surface area contributed by atoms with Gasteiger partial charge in [-0.3, -0.25) is 0 Å². The molecule has 0 aliphatic carbocycles. The van der Waals surface area contributed by atoms with Gasteiger partial charge in [0.2, 0.25) is 0 Å². The van der Waals surface area contributed by atoms with Crippen molar-refractivity contribution >= 4 is 86.6 Å². The Morgan fingerprint density at radius 1 is 0.750 bits per heavy atom. The molecule has 4 heteroatoms. The first-order valence-electron chi connectivity index (χ1n) is 0. The summed E-state index contributed by atoms with van der Waals surface area (Å²) in [6.45, 7) is 0. The quantitative estimate of drug-likeness (QED) is 0.378. The molecular formula is H8BaCaO2. The van der Waals surface area contributed by atoms with Gasteiger partial charge in [-0.1, -0.05) is 0 Å². The molecule has 0 saturated heterocycles. The van der Waals surface area contributed by atoms with Crippen LogP contribution in [-0.2, 0) is 0 Å². The van der Waals surface area contributed by atoms with Gasteiger partial charge in [0.1, 0.15) is 0 Å². The van der Waals surface area contributed by atoms with Crippen molar-refractivity contribution in [3.8, 4) is 0 Å². The molecule has 0 amide bonds. The van der Waals surface area contributed by atoms with Crippen LogP contribution in [-0.4, -0.2) is 97.6 Å². The fourth-order valence-electron chi connectivity index (χ4n) is 0. The van der Waals surface area contributed by atoms with E-state index >= 15 is 0 Å². The summed E-state index contributed by atoms with van der Waals surface area (Å²) in [6.07, 6.45) is 0. The first-order chi connectivity index (χ1) is 0. The summed E-state index contributed by atoms with van der Waals surface area (Å²) in [5, 5.41) is 0. The molecule has 0 rings (SSSR count). The normalized spacial score (nSPS) is 0. The van der Waals surface area contributed by atoms with Gasteiger partial charge in [0.25, 0.3) is 0 Å². The molecule has 0 radical (unpaired) electrons. The average Bonchev–Trinajstić information content (AvgIpc) is 0. The summed E-state index contributed by atoms with van der Waals surface area (Å²) in [6, 6.07) is 0. The van der Waals surface area contributed by atoms with Gasteiger partial charge in [-0.05, 0) is 0 Å². The predicted octanol–water partition coefficient (Wildman–Crippen LogP) is -3.48.